The van der Waals surface area contributed by atoms with Crippen LogP contribution in [0.2, 0.25) is 0 Å². The van der Waals surface area contributed by atoms with Gasteiger partial charge in [0.05, 0.1) is 0 Å². The van der Waals surface area contributed by atoms with Crippen LogP contribution in [-0.2, 0) is 14.3 Å². The zero-order valence-electron chi connectivity index (χ0n) is 11.7. The van der Waals surface area contributed by atoms with Gasteiger partial charge in [-0.2, -0.15) is 0 Å². The number of hydrogen-bond acceptors (Lipinski definition) is 3. The summed E-state index contributed by atoms with van der Waals surface area (Å²) in [7, 11) is 1.69. The van der Waals surface area contributed by atoms with Crippen LogP contribution in [0.4, 0.5) is 0 Å². The predicted octanol–water partition coefficient (Wildman–Crippen LogP) is 1.07. The van der Waals surface area contributed by atoms with E-state index in [1.54, 1.807) is 7.11 Å². The monoisotopic (exact) mass is 268 g/mol. The minimum absolute atomic E-state index is 0.0228. The number of ether oxygens (including phenoxy) is 1. The van der Waals surface area contributed by atoms with E-state index in [0.717, 1.165) is 51.7 Å². The Balaban J connectivity index is 1.98. The molecule has 0 unspecified atom stereocenters. The van der Waals surface area contributed by atoms with E-state index in [2.05, 4.69) is 5.32 Å². The van der Waals surface area contributed by atoms with Crippen LogP contribution in [-0.4, -0.2) is 49.1 Å². The molecule has 1 aliphatic heterocycles. The smallest absolute Gasteiger partial charge is 0.248 e. The molecule has 2 fully saturated rings. The van der Waals surface area contributed by atoms with Gasteiger partial charge >= 0.3 is 0 Å². The maximum atomic E-state index is 12.7. The molecule has 1 spiro atoms. The number of hydrogen-bond donors (Lipinski definition) is 1. The first-order chi connectivity index (χ1) is 9.18. The molecular formula is C14H24N2O3. The van der Waals surface area contributed by atoms with Crippen LogP contribution < -0.4 is 5.32 Å². The van der Waals surface area contributed by atoms with Gasteiger partial charge in [0.1, 0.15) is 5.54 Å². The van der Waals surface area contributed by atoms with Gasteiger partial charge in [-0.25, -0.2) is 0 Å². The highest BCUT2D eigenvalue weighted by atomic mass is 16.5. The Labute approximate surface area is 114 Å². The average Bonchev–Trinajstić information content (AvgIpc) is 2.82. The molecule has 5 nitrogen and oxygen atoms in total. The summed E-state index contributed by atoms with van der Waals surface area (Å²) < 4.78 is 5.02. The molecule has 108 valence electrons. The third kappa shape index (κ3) is 3.26. The summed E-state index contributed by atoms with van der Waals surface area (Å²) in [5, 5.41) is 2.98. The van der Waals surface area contributed by atoms with Crippen LogP contribution >= 0.6 is 0 Å². The molecule has 1 saturated carbocycles. The molecule has 0 aromatic carbocycles. The number of unbranched alkanes of at least 4 members (excludes halogenated alkanes) is 1. The summed E-state index contributed by atoms with van der Waals surface area (Å²) in [5.41, 5.74) is -0.588. The lowest BCUT2D eigenvalue weighted by Crippen LogP contribution is -2.55. The number of nitrogens with one attached hydrogen (secondary N) is 1. The number of carbonyl (C=O) groups is 2. The van der Waals surface area contributed by atoms with Crippen molar-refractivity contribution in [2.45, 2.75) is 50.5 Å². The van der Waals surface area contributed by atoms with E-state index in [1.165, 1.54) is 0 Å². The highest BCUT2D eigenvalue weighted by molar-refractivity contribution is 5.93. The molecule has 0 aromatic rings. The number of amides is 2. The maximum absolute atomic E-state index is 12.7. The number of nitrogens with zero attached hydrogens (tertiary/aromatic N) is 1. The first-order valence-electron chi connectivity index (χ1n) is 7.27. The van der Waals surface area contributed by atoms with E-state index >= 15 is 0 Å². The Hall–Kier alpha value is -1.10. The van der Waals surface area contributed by atoms with Crippen molar-refractivity contribution in [3.63, 3.8) is 0 Å². The van der Waals surface area contributed by atoms with E-state index in [9.17, 15) is 9.59 Å². The molecule has 1 aliphatic carbocycles. The molecule has 0 radical (unpaired) electrons. The summed E-state index contributed by atoms with van der Waals surface area (Å²) in [6.45, 7) is 2.02. The fourth-order valence-corrected chi connectivity index (χ4v) is 3.10. The van der Waals surface area contributed by atoms with Crippen LogP contribution in [0.5, 0.6) is 0 Å². The van der Waals surface area contributed by atoms with Gasteiger partial charge in [-0.3, -0.25) is 9.59 Å². The molecular weight excluding hydrogens is 244 g/mol. The topological polar surface area (TPSA) is 58.6 Å². The minimum Gasteiger partial charge on any atom is -0.385 e. The minimum atomic E-state index is -0.588. The quantitative estimate of drug-likeness (QED) is 0.759. The van der Waals surface area contributed by atoms with Crippen molar-refractivity contribution >= 4 is 11.8 Å². The fourth-order valence-electron chi connectivity index (χ4n) is 3.10. The maximum Gasteiger partial charge on any atom is 0.248 e. The number of carbonyl (C=O) groups excluding carboxylic acids is 2. The molecule has 5 heteroatoms. The first kappa shape index (κ1) is 14.3. The molecule has 2 aliphatic rings. The lowest BCUT2D eigenvalue weighted by Gasteiger charge is -2.31. The Morgan fingerprint density at radius 3 is 2.68 bits per heavy atom. The van der Waals surface area contributed by atoms with Crippen LogP contribution in [0, 0.1) is 0 Å². The van der Waals surface area contributed by atoms with Crippen molar-refractivity contribution in [3.05, 3.63) is 0 Å². The van der Waals surface area contributed by atoms with Crippen LogP contribution in [0.15, 0.2) is 0 Å². The highest BCUT2D eigenvalue weighted by Crippen LogP contribution is 2.33. The Morgan fingerprint density at radius 2 is 2.00 bits per heavy atom. The zero-order chi connectivity index (χ0) is 13.7. The predicted molar refractivity (Wildman–Crippen MR) is 71.6 cm³/mol. The van der Waals surface area contributed by atoms with E-state index in [-0.39, 0.29) is 11.8 Å². The Morgan fingerprint density at radius 1 is 1.26 bits per heavy atom. The van der Waals surface area contributed by atoms with E-state index in [1.807, 2.05) is 4.90 Å². The van der Waals surface area contributed by atoms with Crippen molar-refractivity contribution in [1.29, 1.82) is 0 Å². The van der Waals surface area contributed by atoms with E-state index in [0.29, 0.717) is 13.0 Å². The number of methoxy groups -OCH3 is 1. The summed E-state index contributed by atoms with van der Waals surface area (Å²) in [4.78, 5) is 26.3. The highest BCUT2D eigenvalue weighted by Gasteiger charge is 2.46. The molecule has 0 aromatic heterocycles. The van der Waals surface area contributed by atoms with Gasteiger partial charge in [-0.15, -0.1) is 0 Å². The van der Waals surface area contributed by atoms with Crippen molar-refractivity contribution in [2.24, 2.45) is 0 Å². The molecule has 2 rings (SSSR count). The fraction of sp³-hybridized carbons (Fsp3) is 0.857. The van der Waals surface area contributed by atoms with Gasteiger partial charge in [0.2, 0.25) is 11.8 Å². The lowest BCUT2D eigenvalue weighted by atomic mass is 9.96. The first-order valence-corrected chi connectivity index (χ1v) is 7.27. The van der Waals surface area contributed by atoms with E-state index < -0.39 is 5.54 Å². The summed E-state index contributed by atoms with van der Waals surface area (Å²) in [5.74, 6) is 0.155. The third-order valence-corrected chi connectivity index (χ3v) is 4.17. The van der Waals surface area contributed by atoms with Crippen molar-refractivity contribution in [2.75, 3.05) is 26.8 Å². The van der Waals surface area contributed by atoms with Crippen molar-refractivity contribution in [1.82, 2.24) is 10.2 Å². The van der Waals surface area contributed by atoms with Crippen LogP contribution in [0.3, 0.4) is 0 Å². The van der Waals surface area contributed by atoms with Gasteiger partial charge in [-0.05, 0) is 25.7 Å². The number of rotatable bonds is 5. The third-order valence-electron chi connectivity index (χ3n) is 4.17. The molecule has 2 amide bonds. The Kier molecular flexibility index (Phi) is 4.80. The Bertz CT molecular complexity index is 338. The second-order valence-corrected chi connectivity index (χ2v) is 5.58. The molecule has 19 heavy (non-hydrogen) atoms. The van der Waals surface area contributed by atoms with Gasteiger partial charge in [0.25, 0.3) is 0 Å². The van der Waals surface area contributed by atoms with Gasteiger partial charge in [-0.1, -0.05) is 12.8 Å². The SMILES string of the molecule is COCCCCN1CCC(=O)NC2(CCCC2)C1=O. The van der Waals surface area contributed by atoms with Gasteiger partial charge in [0.15, 0.2) is 0 Å². The summed E-state index contributed by atoms with van der Waals surface area (Å²) in [6, 6.07) is 0. The zero-order valence-corrected chi connectivity index (χ0v) is 11.7. The van der Waals surface area contributed by atoms with Crippen LogP contribution in [0.25, 0.3) is 0 Å². The molecule has 1 saturated heterocycles. The van der Waals surface area contributed by atoms with Crippen molar-refractivity contribution in [3.8, 4) is 0 Å². The van der Waals surface area contributed by atoms with E-state index in [4.69, 9.17) is 4.74 Å². The normalized spacial score (nSPS) is 22.7. The molecule has 1 N–H and O–H groups in total. The second-order valence-electron chi connectivity index (χ2n) is 5.58. The largest absolute Gasteiger partial charge is 0.385 e. The second kappa shape index (κ2) is 6.37. The summed E-state index contributed by atoms with van der Waals surface area (Å²) in [6.07, 6.45) is 5.97. The molecule has 0 atom stereocenters. The molecule has 0 bridgehead atoms. The van der Waals surface area contributed by atoms with Crippen molar-refractivity contribution < 1.29 is 14.3 Å². The summed E-state index contributed by atoms with van der Waals surface area (Å²) >= 11 is 0. The molecule has 1 heterocycles. The standard InChI is InChI=1S/C14H24N2O3/c1-19-11-5-4-9-16-10-6-12(17)15-14(13(16)18)7-2-3-8-14/h2-11H2,1H3,(H,15,17). The van der Waals surface area contributed by atoms with Gasteiger partial charge in [0, 0.05) is 33.2 Å². The lowest BCUT2D eigenvalue weighted by molar-refractivity contribution is -0.138. The van der Waals surface area contributed by atoms with Gasteiger partial charge < -0.3 is 15.0 Å². The van der Waals surface area contributed by atoms with Crippen LogP contribution in [0.1, 0.15) is 44.9 Å². The average molecular weight is 268 g/mol.